The maximum atomic E-state index is 11.4. The first kappa shape index (κ1) is 15.5. The van der Waals surface area contributed by atoms with E-state index in [4.69, 9.17) is 5.11 Å². The lowest BCUT2D eigenvalue weighted by atomic mass is 10.0. The highest BCUT2D eigenvalue weighted by Gasteiger charge is 2.31. The van der Waals surface area contributed by atoms with Crippen molar-refractivity contribution in [3.05, 3.63) is 23.8 Å². The lowest BCUT2D eigenvalue weighted by Crippen LogP contribution is -2.48. The Morgan fingerprint density at radius 3 is 2.05 bits per heavy atom. The highest BCUT2D eigenvalue weighted by atomic mass is 16.4. The number of nitrogens with zero attached hydrogens (tertiary/aromatic N) is 1. The number of hydrogen-bond acceptors (Lipinski definition) is 5. The molecule has 0 aromatic heterocycles. The number of aromatic hydroxyl groups is 2. The van der Waals surface area contributed by atoms with Gasteiger partial charge in [0.1, 0.15) is 6.04 Å². The molecule has 7 heteroatoms. The topological polar surface area (TPSA) is 115 Å². The van der Waals surface area contributed by atoms with Crippen molar-refractivity contribution in [2.45, 2.75) is 26.3 Å². The van der Waals surface area contributed by atoms with Crippen molar-refractivity contribution in [3.8, 4) is 11.5 Å². The Kier molecular flexibility index (Phi) is 4.68. The molecule has 1 aromatic rings. The molecule has 2 amide bonds. The Bertz CT molecular complexity index is 540. The van der Waals surface area contributed by atoms with Crippen LogP contribution in [0.5, 0.6) is 11.5 Å². The number of amides is 2. The van der Waals surface area contributed by atoms with Gasteiger partial charge in [-0.05, 0) is 17.7 Å². The Morgan fingerprint density at radius 2 is 1.65 bits per heavy atom. The Balaban J connectivity index is 3.08. The summed E-state index contributed by atoms with van der Waals surface area (Å²) in [6.45, 7) is 2.21. The zero-order chi connectivity index (χ0) is 15.4. The molecule has 7 nitrogen and oxygen atoms in total. The van der Waals surface area contributed by atoms with Crippen LogP contribution >= 0.6 is 0 Å². The van der Waals surface area contributed by atoms with Crippen LogP contribution < -0.4 is 0 Å². The summed E-state index contributed by atoms with van der Waals surface area (Å²) in [5, 5.41) is 27.7. The minimum absolute atomic E-state index is 0.164. The Morgan fingerprint density at radius 1 is 1.10 bits per heavy atom. The monoisotopic (exact) mass is 281 g/mol. The minimum Gasteiger partial charge on any atom is -0.504 e. The van der Waals surface area contributed by atoms with Crippen LogP contribution in [0.1, 0.15) is 19.4 Å². The molecule has 1 atom stereocenters. The minimum atomic E-state index is -1.37. The van der Waals surface area contributed by atoms with E-state index in [0.29, 0.717) is 10.5 Å². The molecule has 108 valence electrons. The molecule has 0 aliphatic carbocycles. The fourth-order valence-corrected chi connectivity index (χ4v) is 1.87. The van der Waals surface area contributed by atoms with Crippen molar-refractivity contribution in [1.29, 1.82) is 0 Å². The summed E-state index contributed by atoms with van der Waals surface area (Å²) in [7, 11) is 0. The predicted octanol–water partition coefficient (Wildman–Crippen LogP) is 0.488. The molecule has 20 heavy (non-hydrogen) atoms. The summed E-state index contributed by atoms with van der Waals surface area (Å²) in [4.78, 5) is 34.7. The molecule has 1 rings (SSSR count). The maximum Gasteiger partial charge on any atom is 0.327 e. The van der Waals surface area contributed by atoms with Crippen LogP contribution in [-0.4, -0.2) is 44.0 Å². The van der Waals surface area contributed by atoms with E-state index >= 15 is 0 Å². The van der Waals surface area contributed by atoms with E-state index < -0.39 is 29.6 Å². The van der Waals surface area contributed by atoms with Gasteiger partial charge in [-0.2, -0.15) is 0 Å². The summed E-state index contributed by atoms with van der Waals surface area (Å²) < 4.78 is 0. The van der Waals surface area contributed by atoms with Gasteiger partial charge in [0.2, 0.25) is 11.8 Å². The van der Waals surface area contributed by atoms with Crippen molar-refractivity contribution in [2.75, 3.05) is 0 Å². The number of benzene rings is 1. The van der Waals surface area contributed by atoms with Crippen LogP contribution in [0, 0.1) is 0 Å². The smallest absolute Gasteiger partial charge is 0.327 e. The number of aliphatic carboxylic acids is 1. The molecule has 0 radical (unpaired) electrons. The number of imide groups is 1. The van der Waals surface area contributed by atoms with Gasteiger partial charge in [0, 0.05) is 20.3 Å². The van der Waals surface area contributed by atoms with Crippen LogP contribution in [0.25, 0.3) is 0 Å². The number of hydrogen-bond donors (Lipinski definition) is 3. The fourth-order valence-electron chi connectivity index (χ4n) is 1.87. The van der Waals surface area contributed by atoms with E-state index in [1.165, 1.54) is 18.2 Å². The first-order chi connectivity index (χ1) is 9.23. The lowest BCUT2D eigenvalue weighted by molar-refractivity contribution is -0.156. The summed E-state index contributed by atoms with van der Waals surface area (Å²) in [6, 6.07) is 2.43. The molecule has 0 unspecified atom stereocenters. The second kappa shape index (κ2) is 6.05. The second-order valence-electron chi connectivity index (χ2n) is 4.29. The molecule has 1 aromatic carbocycles. The normalized spacial score (nSPS) is 11.7. The Labute approximate surface area is 115 Å². The summed E-state index contributed by atoms with van der Waals surface area (Å²) >= 11 is 0. The molecule has 0 heterocycles. The molecular formula is C13H15NO6. The third-order valence-electron chi connectivity index (χ3n) is 2.74. The first-order valence-electron chi connectivity index (χ1n) is 5.78. The van der Waals surface area contributed by atoms with Gasteiger partial charge in [-0.15, -0.1) is 0 Å². The molecule has 0 bridgehead atoms. The highest BCUT2D eigenvalue weighted by molar-refractivity contribution is 5.97. The predicted molar refractivity (Wildman–Crippen MR) is 68.1 cm³/mol. The SMILES string of the molecule is CC(=O)N(C(C)=O)[C@@H](Cc1ccc(O)c(O)c1)C(=O)O. The zero-order valence-electron chi connectivity index (χ0n) is 11.0. The van der Waals surface area contributed by atoms with Gasteiger partial charge in [0.25, 0.3) is 0 Å². The van der Waals surface area contributed by atoms with E-state index in [9.17, 15) is 24.6 Å². The molecule has 0 saturated carbocycles. The average molecular weight is 281 g/mol. The molecular weight excluding hydrogens is 266 g/mol. The summed E-state index contributed by atoms with van der Waals surface area (Å²) in [5.74, 6) is -3.41. The molecule has 3 N–H and O–H groups in total. The zero-order valence-corrected chi connectivity index (χ0v) is 11.0. The van der Waals surface area contributed by atoms with Gasteiger partial charge < -0.3 is 15.3 Å². The molecule has 0 saturated heterocycles. The van der Waals surface area contributed by atoms with Gasteiger partial charge in [-0.1, -0.05) is 6.07 Å². The first-order valence-corrected chi connectivity index (χ1v) is 5.78. The van der Waals surface area contributed by atoms with E-state index in [-0.39, 0.29) is 12.2 Å². The van der Waals surface area contributed by atoms with Crippen LogP contribution in [0.3, 0.4) is 0 Å². The van der Waals surface area contributed by atoms with Crippen LogP contribution in [0.15, 0.2) is 18.2 Å². The van der Waals surface area contributed by atoms with Crippen molar-refractivity contribution >= 4 is 17.8 Å². The van der Waals surface area contributed by atoms with E-state index in [1.807, 2.05) is 0 Å². The van der Waals surface area contributed by atoms with Crippen LogP contribution in [0.4, 0.5) is 0 Å². The lowest BCUT2D eigenvalue weighted by Gasteiger charge is -2.25. The van der Waals surface area contributed by atoms with E-state index in [1.54, 1.807) is 0 Å². The van der Waals surface area contributed by atoms with Crippen molar-refractivity contribution in [3.63, 3.8) is 0 Å². The maximum absolute atomic E-state index is 11.4. The van der Waals surface area contributed by atoms with Crippen LogP contribution in [-0.2, 0) is 20.8 Å². The largest absolute Gasteiger partial charge is 0.504 e. The van der Waals surface area contributed by atoms with E-state index in [0.717, 1.165) is 13.8 Å². The molecule has 0 spiro atoms. The molecule has 0 aliphatic heterocycles. The number of carbonyl (C=O) groups excluding carboxylic acids is 2. The van der Waals surface area contributed by atoms with E-state index in [2.05, 4.69) is 0 Å². The molecule has 0 aliphatic rings. The fraction of sp³-hybridized carbons (Fsp3) is 0.308. The highest BCUT2D eigenvalue weighted by Crippen LogP contribution is 2.26. The number of carbonyl (C=O) groups is 3. The quantitative estimate of drug-likeness (QED) is 0.692. The van der Waals surface area contributed by atoms with Gasteiger partial charge in [-0.25, -0.2) is 4.79 Å². The summed E-state index contributed by atoms with van der Waals surface area (Å²) in [6.07, 6.45) is -0.164. The van der Waals surface area contributed by atoms with Crippen molar-refractivity contribution in [2.24, 2.45) is 0 Å². The van der Waals surface area contributed by atoms with Gasteiger partial charge in [0.05, 0.1) is 0 Å². The van der Waals surface area contributed by atoms with Gasteiger partial charge >= 0.3 is 5.97 Å². The van der Waals surface area contributed by atoms with Gasteiger partial charge in [0.15, 0.2) is 11.5 Å². The third-order valence-corrected chi connectivity index (χ3v) is 2.74. The number of phenolic OH excluding ortho intramolecular Hbond substituents is 2. The van der Waals surface area contributed by atoms with Crippen molar-refractivity contribution in [1.82, 2.24) is 4.90 Å². The number of phenols is 2. The third kappa shape index (κ3) is 3.47. The van der Waals surface area contributed by atoms with Gasteiger partial charge in [-0.3, -0.25) is 14.5 Å². The number of rotatable bonds is 4. The van der Waals surface area contributed by atoms with Crippen LogP contribution in [0.2, 0.25) is 0 Å². The standard InChI is InChI=1S/C13H15NO6/c1-7(15)14(8(2)16)10(13(19)20)5-9-3-4-11(17)12(18)6-9/h3-4,6,10,17-18H,5H2,1-2H3,(H,19,20)/t10-/m0/s1. The number of carboxylic acids is 1. The Hall–Kier alpha value is -2.57. The van der Waals surface area contributed by atoms with Crippen molar-refractivity contribution < 1.29 is 29.7 Å². The average Bonchev–Trinajstić information content (AvgIpc) is 2.31. The summed E-state index contributed by atoms with van der Waals surface area (Å²) in [5.41, 5.74) is 0.375. The molecule has 0 fully saturated rings. The second-order valence-corrected chi connectivity index (χ2v) is 4.29. The number of carboxylic acid groups (broad SMARTS) is 1.